The zero-order valence-corrected chi connectivity index (χ0v) is 16.4. The lowest BCUT2D eigenvalue weighted by molar-refractivity contribution is 0.151. The number of nitrogens with one attached hydrogen (secondary N) is 1. The van der Waals surface area contributed by atoms with Crippen LogP contribution in [-0.2, 0) is 6.42 Å². The predicted octanol–water partition coefficient (Wildman–Crippen LogP) is 3.31. The van der Waals surface area contributed by atoms with E-state index in [1.54, 1.807) is 11.3 Å². The van der Waals surface area contributed by atoms with E-state index in [0.717, 1.165) is 49.1 Å². The second-order valence-corrected chi connectivity index (χ2v) is 8.41. The van der Waals surface area contributed by atoms with Gasteiger partial charge in [-0.3, -0.25) is 0 Å². The molecule has 0 atom stereocenters. The van der Waals surface area contributed by atoms with E-state index in [0.29, 0.717) is 11.8 Å². The molecule has 2 aromatic rings. The van der Waals surface area contributed by atoms with Gasteiger partial charge in [0.1, 0.15) is 16.5 Å². The van der Waals surface area contributed by atoms with E-state index in [1.165, 1.54) is 23.8 Å². The number of hydrogen-bond donors (Lipinski definition) is 2. The Bertz CT molecular complexity index is 692. The van der Waals surface area contributed by atoms with Crippen molar-refractivity contribution in [3.63, 3.8) is 0 Å². The number of nitrogens with zero attached hydrogens (tertiary/aromatic N) is 3. The number of hydrogen-bond acceptors (Lipinski definition) is 6. The lowest BCUT2D eigenvalue weighted by Crippen LogP contribution is -2.37. The number of fused-ring (bicyclic) bond motifs is 1. The topological polar surface area (TPSA) is 61.3 Å². The van der Waals surface area contributed by atoms with E-state index in [9.17, 15) is 0 Å². The number of aryl methyl sites for hydroxylation is 1. The van der Waals surface area contributed by atoms with Crippen molar-refractivity contribution in [1.29, 1.82) is 0 Å². The van der Waals surface area contributed by atoms with Crippen molar-refractivity contribution < 1.29 is 5.11 Å². The molecule has 1 aliphatic heterocycles. The maximum absolute atomic E-state index is 9.06. The highest BCUT2D eigenvalue weighted by atomic mass is 32.1. The Kier molecular flexibility index (Phi) is 6.25. The molecule has 0 saturated carbocycles. The summed E-state index contributed by atoms with van der Waals surface area (Å²) >= 11 is 1.73. The molecule has 138 valence electrons. The Morgan fingerprint density at radius 1 is 1.32 bits per heavy atom. The summed E-state index contributed by atoms with van der Waals surface area (Å²) in [5.74, 6) is 3.15. The molecule has 3 heterocycles. The van der Waals surface area contributed by atoms with Crippen LogP contribution in [0.2, 0.25) is 0 Å². The summed E-state index contributed by atoms with van der Waals surface area (Å²) in [6, 6.07) is 0. The van der Waals surface area contributed by atoms with E-state index >= 15 is 0 Å². The molecule has 0 radical (unpaired) electrons. The molecule has 0 aromatic carbocycles. The van der Waals surface area contributed by atoms with Gasteiger partial charge in [0.05, 0.1) is 12.0 Å². The van der Waals surface area contributed by atoms with Crippen molar-refractivity contribution in [1.82, 2.24) is 14.9 Å². The van der Waals surface area contributed by atoms with Crippen molar-refractivity contribution in [3.05, 3.63) is 16.8 Å². The molecule has 1 fully saturated rings. The Morgan fingerprint density at radius 3 is 2.76 bits per heavy atom. The first-order valence-corrected chi connectivity index (χ1v) is 10.3. The van der Waals surface area contributed by atoms with Crippen molar-refractivity contribution in [2.45, 2.75) is 40.0 Å². The second-order valence-electron chi connectivity index (χ2n) is 7.55. The molecular weight excluding hydrogens is 332 g/mol. The molecule has 5 nitrogen and oxygen atoms in total. The van der Waals surface area contributed by atoms with Crippen LogP contribution in [0.1, 0.15) is 38.1 Å². The largest absolute Gasteiger partial charge is 0.395 e. The van der Waals surface area contributed by atoms with E-state index in [-0.39, 0.29) is 6.61 Å². The van der Waals surface area contributed by atoms with Crippen LogP contribution < -0.4 is 5.32 Å². The molecule has 1 saturated heterocycles. The number of aromatic nitrogens is 2. The summed E-state index contributed by atoms with van der Waals surface area (Å²) in [7, 11) is 0. The van der Waals surface area contributed by atoms with Crippen LogP contribution in [0, 0.1) is 18.8 Å². The average Bonchev–Trinajstić information content (AvgIpc) is 2.96. The van der Waals surface area contributed by atoms with Gasteiger partial charge in [-0.25, -0.2) is 9.97 Å². The molecule has 0 amide bonds. The van der Waals surface area contributed by atoms with Gasteiger partial charge in [-0.1, -0.05) is 13.8 Å². The van der Waals surface area contributed by atoms with Crippen LogP contribution in [0.25, 0.3) is 10.2 Å². The van der Waals surface area contributed by atoms with Crippen LogP contribution in [-0.4, -0.2) is 52.8 Å². The van der Waals surface area contributed by atoms with Gasteiger partial charge < -0.3 is 15.3 Å². The quantitative estimate of drug-likeness (QED) is 0.791. The third-order valence-electron chi connectivity index (χ3n) is 4.93. The lowest BCUT2D eigenvalue weighted by atomic mass is 9.96. The fourth-order valence-corrected chi connectivity index (χ4v) is 4.62. The van der Waals surface area contributed by atoms with Crippen molar-refractivity contribution >= 4 is 27.4 Å². The number of likely N-dealkylation sites (tertiary alicyclic amines) is 1. The number of aliphatic hydroxyl groups excluding tert-OH is 1. The van der Waals surface area contributed by atoms with Crippen molar-refractivity contribution in [2.24, 2.45) is 11.8 Å². The summed E-state index contributed by atoms with van der Waals surface area (Å²) in [6.07, 6.45) is 3.44. The third-order valence-corrected chi connectivity index (χ3v) is 5.85. The molecule has 0 spiro atoms. The summed E-state index contributed by atoms with van der Waals surface area (Å²) in [5.41, 5.74) is 1.37. The van der Waals surface area contributed by atoms with Crippen LogP contribution in [0.15, 0.2) is 5.38 Å². The van der Waals surface area contributed by atoms with Gasteiger partial charge in [-0.15, -0.1) is 11.3 Å². The van der Waals surface area contributed by atoms with E-state index in [2.05, 4.69) is 34.4 Å². The van der Waals surface area contributed by atoms with Gasteiger partial charge in [0.25, 0.3) is 0 Å². The minimum atomic E-state index is 0.262. The highest BCUT2D eigenvalue weighted by Gasteiger charge is 2.20. The van der Waals surface area contributed by atoms with Crippen LogP contribution >= 0.6 is 11.3 Å². The molecule has 0 aliphatic carbocycles. The van der Waals surface area contributed by atoms with Gasteiger partial charge in [0.2, 0.25) is 0 Å². The molecule has 2 aromatic heterocycles. The minimum absolute atomic E-state index is 0.262. The highest BCUT2D eigenvalue weighted by Crippen LogP contribution is 2.32. The minimum Gasteiger partial charge on any atom is -0.395 e. The van der Waals surface area contributed by atoms with Crippen LogP contribution in [0.4, 0.5) is 5.82 Å². The van der Waals surface area contributed by atoms with Crippen molar-refractivity contribution in [3.8, 4) is 0 Å². The smallest absolute Gasteiger partial charge is 0.138 e. The molecule has 0 unspecified atom stereocenters. The predicted molar refractivity (Wildman–Crippen MR) is 105 cm³/mol. The Morgan fingerprint density at radius 2 is 2.08 bits per heavy atom. The molecule has 25 heavy (non-hydrogen) atoms. The Labute approximate surface area is 154 Å². The normalized spacial score (nSPS) is 16.8. The summed E-state index contributed by atoms with van der Waals surface area (Å²) in [4.78, 5) is 12.8. The standard InChI is InChI=1S/C19H30N4OS/c1-13(2)10-16-12-25-19-17(16)18(21-14(3)22-19)20-11-15-4-6-23(7-5-15)8-9-24/h12-13,15,24H,4-11H2,1-3H3,(H,20,21,22). The monoisotopic (exact) mass is 362 g/mol. The number of anilines is 1. The fraction of sp³-hybridized carbons (Fsp3) is 0.684. The van der Waals surface area contributed by atoms with Gasteiger partial charge in [0.15, 0.2) is 0 Å². The number of thiophene rings is 1. The summed E-state index contributed by atoms with van der Waals surface area (Å²) in [6.45, 7) is 10.7. The molecule has 2 N–H and O–H groups in total. The first-order chi connectivity index (χ1) is 12.1. The number of aliphatic hydroxyl groups is 1. The first-order valence-electron chi connectivity index (χ1n) is 9.38. The highest BCUT2D eigenvalue weighted by molar-refractivity contribution is 7.17. The van der Waals surface area contributed by atoms with Gasteiger partial charge >= 0.3 is 0 Å². The molecule has 6 heteroatoms. The number of piperidine rings is 1. The Hall–Kier alpha value is -1.24. The molecule has 1 aliphatic rings. The summed E-state index contributed by atoms with van der Waals surface area (Å²) < 4.78 is 0. The molecular formula is C19H30N4OS. The second kappa shape index (κ2) is 8.43. The first kappa shape index (κ1) is 18.5. The zero-order valence-electron chi connectivity index (χ0n) is 15.6. The van der Waals surface area contributed by atoms with Crippen LogP contribution in [0.3, 0.4) is 0 Å². The van der Waals surface area contributed by atoms with E-state index < -0.39 is 0 Å². The van der Waals surface area contributed by atoms with Gasteiger partial charge in [-0.05, 0) is 62.1 Å². The van der Waals surface area contributed by atoms with Gasteiger partial charge in [-0.2, -0.15) is 0 Å². The van der Waals surface area contributed by atoms with Crippen molar-refractivity contribution in [2.75, 3.05) is 38.1 Å². The number of rotatable bonds is 7. The van der Waals surface area contributed by atoms with E-state index in [4.69, 9.17) is 10.1 Å². The maximum Gasteiger partial charge on any atom is 0.138 e. The van der Waals surface area contributed by atoms with E-state index in [1.807, 2.05) is 6.92 Å². The molecule has 3 rings (SSSR count). The number of β-amino-alcohol motifs (C(OH)–C–C–N with tert-alkyl or cyclic N) is 1. The van der Waals surface area contributed by atoms with Gasteiger partial charge in [0, 0.05) is 13.1 Å². The molecule has 0 bridgehead atoms. The Balaban J connectivity index is 1.69. The SMILES string of the molecule is Cc1nc(NCC2CCN(CCO)CC2)c2c(CC(C)C)csc2n1. The lowest BCUT2D eigenvalue weighted by Gasteiger charge is -2.31. The third kappa shape index (κ3) is 4.68. The fourth-order valence-electron chi connectivity index (χ4n) is 3.62. The summed E-state index contributed by atoms with van der Waals surface area (Å²) in [5, 5.41) is 16.2. The van der Waals surface area contributed by atoms with Crippen LogP contribution in [0.5, 0.6) is 0 Å². The zero-order chi connectivity index (χ0) is 17.8. The maximum atomic E-state index is 9.06. The average molecular weight is 363 g/mol.